The normalized spacial score (nSPS) is 18.2. The van der Waals surface area contributed by atoms with Crippen molar-refractivity contribution in [3.8, 4) is 5.75 Å². The number of likely N-dealkylation sites (tertiary alicyclic amines) is 1. The molecule has 1 fully saturated rings. The van der Waals surface area contributed by atoms with Crippen molar-refractivity contribution in [2.24, 2.45) is 11.8 Å². The Morgan fingerprint density at radius 2 is 1.95 bits per heavy atom. The highest BCUT2D eigenvalue weighted by molar-refractivity contribution is 9.10. The van der Waals surface area contributed by atoms with E-state index in [-0.39, 0.29) is 0 Å². The summed E-state index contributed by atoms with van der Waals surface area (Å²) in [6.07, 6.45) is 2.57. The van der Waals surface area contributed by atoms with Gasteiger partial charge < -0.3 is 5.11 Å². The monoisotopic (exact) mass is 325 g/mol. The van der Waals surface area contributed by atoms with Gasteiger partial charge in [-0.25, -0.2) is 0 Å². The summed E-state index contributed by atoms with van der Waals surface area (Å²) in [4.78, 5) is 2.46. The number of phenolic OH excluding ortho intramolecular Hbond substituents is 1. The standard InChI is InChI=1S/C16H24BrNO/c1-11(2)13-4-6-18(7-5-13)10-14-9-15(17)8-12(3)16(14)19/h8-9,11,13,19H,4-7,10H2,1-3H3. The molecule has 19 heavy (non-hydrogen) atoms. The van der Waals surface area contributed by atoms with Gasteiger partial charge in [0.05, 0.1) is 0 Å². The van der Waals surface area contributed by atoms with E-state index in [1.807, 2.05) is 19.1 Å². The highest BCUT2D eigenvalue weighted by Crippen LogP contribution is 2.30. The number of nitrogens with zero attached hydrogens (tertiary/aromatic N) is 1. The second-order valence-corrected chi connectivity index (χ2v) is 7.00. The van der Waals surface area contributed by atoms with Crippen LogP contribution in [0.3, 0.4) is 0 Å². The number of benzene rings is 1. The molecule has 1 heterocycles. The molecule has 0 saturated carbocycles. The topological polar surface area (TPSA) is 23.5 Å². The number of rotatable bonds is 3. The number of piperidine rings is 1. The minimum Gasteiger partial charge on any atom is -0.507 e. The van der Waals surface area contributed by atoms with Gasteiger partial charge in [0, 0.05) is 16.6 Å². The number of hydrogen-bond donors (Lipinski definition) is 1. The molecule has 2 nitrogen and oxygen atoms in total. The predicted octanol–water partition coefficient (Wildman–Crippen LogP) is 4.33. The van der Waals surface area contributed by atoms with E-state index in [1.165, 1.54) is 12.8 Å². The van der Waals surface area contributed by atoms with Crippen LogP contribution in [0.4, 0.5) is 0 Å². The van der Waals surface area contributed by atoms with Crippen molar-refractivity contribution in [1.29, 1.82) is 0 Å². The van der Waals surface area contributed by atoms with Gasteiger partial charge in [-0.2, -0.15) is 0 Å². The van der Waals surface area contributed by atoms with E-state index in [1.54, 1.807) is 0 Å². The van der Waals surface area contributed by atoms with E-state index in [4.69, 9.17) is 0 Å². The van der Waals surface area contributed by atoms with E-state index in [0.717, 1.165) is 47.1 Å². The Kier molecular flexibility index (Phi) is 4.91. The summed E-state index contributed by atoms with van der Waals surface area (Å²) < 4.78 is 1.05. The molecule has 0 amide bonds. The van der Waals surface area contributed by atoms with E-state index < -0.39 is 0 Å². The Bertz CT molecular complexity index is 437. The number of phenols is 1. The van der Waals surface area contributed by atoms with Crippen LogP contribution in [0.15, 0.2) is 16.6 Å². The molecule has 2 rings (SSSR count). The molecule has 3 heteroatoms. The molecule has 1 saturated heterocycles. The molecule has 1 aliphatic heterocycles. The Morgan fingerprint density at radius 1 is 1.32 bits per heavy atom. The average molecular weight is 326 g/mol. The Hall–Kier alpha value is -0.540. The molecular weight excluding hydrogens is 302 g/mol. The first-order valence-electron chi connectivity index (χ1n) is 7.17. The third kappa shape index (κ3) is 3.73. The number of hydrogen-bond acceptors (Lipinski definition) is 2. The van der Waals surface area contributed by atoms with Gasteiger partial charge in [-0.1, -0.05) is 29.8 Å². The molecule has 0 aliphatic carbocycles. The third-order valence-electron chi connectivity index (χ3n) is 4.31. The zero-order valence-corrected chi connectivity index (χ0v) is 13.7. The van der Waals surface area contributed by atoms with Gasteiger partial charge in [-0.3, -0.25) is 4.90 Å². The second-order valence-electron chi connectivity index (χ2n) is 6.09. The van der Waals surface area contributed by atoms with Gasteiger partial charge in [-0.15, -0.1) is 0 Å². The Morgan fingerprint density at radius 3 is 2.53 bits per heavy atom. The Labute approximate surface area is 124 Å². The highest BCUT2D eigenvalue weighted by Gasteiger charge is 2.22. The van der Waals surface area contributed by atoms with Crippen LogP contribution in [0.5, 0.6) is 5.75 Å². The van der Waals surface area contributed by atoms with Crippen molar-refractivity contribution in [3.63, 3.8) is 0 Å². The first-order valence-corrected chi connectivity index (χ1v) is 7.97. The summed E-state index contributed by atoms with van der Waals surface area (Å²) in [5.41, 5.74) is 1.98. The fourth-order valence-corrected chi connectivity index (χ4v) is 3.56. The van der Waals surface area contributed by atoms with Gasteiger partial charge in [-0.05, 0) is 62.4 Å². The lowest BCUT2D eigenvalue weighted by atomic mass is 9.86. The van der Waals surface area contributed by atoms with Crippen LogP contribution in [0.25, 0.3) is 0 Å². The van der Waals surface area contributed by atoms with Crippen LogP contribution >= 0.6 is 15.9 Å². The molecule has 0 radical (unpaired) electrons. The maximum atomic E-state index is 10.1. The highest BCUT2D eigenvalue weighted by atomic mass is 79.9. The van der Waals surface area contributed by atoms with E-state index in [0.29, 0.717) is 5.75 Å². The van der Waals surface area contributed by atoms with E-state index in [9.17, 15) is 5.11 Å². The number of aryl methyl sites for hydroxylation is 1. The second kappa shape index (κ2) is 6.27. The summed E-state index contributed by atoms with van der Waals surface area (Å²) >= 11 is 3.51. The summed E-state index contributed by atoms with van der Waals surface area (Å²) in [5.74, 6) is 2.12. The van der Waals surface area contributed by atoms with Crippen molar-refractivity contribution in [2.75, 3.05) is 13.1 Å². The molecule has 1 aromatic carbocycles. The minimum atomic E-state index is 0.453. The molecule has 0 aromatic heterocycles. The molecule has 1 aliphatic rings. The fraction of sp³-hybridized carbons (Fsp3) is 0.625. The van der Waals surface area contributed by atoms with Gasteiger partial charge >= 0.3 is 0 Å². The summed E-state index contributed by atoms with van der Waals surface area (Å²) in [7, 11) is 0. The van der Waals surface area contributed by atoms with Crippen LogP contribution in [0, 0.1) is 18.8 Å². The van der Waals surface area contributed by atoms with Crippen LogP contribution in [-0.4, -0.2) is 23.1 Å². The maximum Gasteiger partial charge on any atom is 0.123 e. The van der Waals surface area contributed by atoms with Crippen LogP contribution in [0.1, 0.15) is 37.8 Å². The summed E-state index contributed by atoms with van der Waals surface area (Å²) in [5, 5.41) is 10.1. The average Bonchev–Trinajstić information content (AvgIpc) is 2.36. The third-order valence-corrected chi connectivity index (χ3v) is 4.77. The molecule has 1 N–H and O–H groups in total. The molecule has 0 spiro atoms. The molecule has 0 bridgehead atoms. The first kappa shape index (κ1) is 14.9. The van der Waals surface area contributed by atoms with E-state index in [2.05, 4.69) is 34.7 Å². The van der Waals surface area contributed by atoms with Crippen LogP contribution in [-0.2, 0) is 6.54 Å². The van der Waals surface area contributed by atoms with E-state index >= 15 is 0 Å². The quantitative estimate of drug-likeness (QED) is 0.894. The number of aromatic hydroxyl groups is 1. The van der Waals surface area contributed by atoms with Crippen molar-refractivity contribution in [1.82, 2.24) is 4.90 Å². The van der Waals surface area contributed by atoms with Gasteiger partial charge in [0.2, 0.25) is 0 Å². The van der Waals surface area contributed by atoms with Gasteiger partial charge in [0.1, 0.15) is 5.75 Å². The van der Waals surface area contributed by atoms with Crippen molar-refractivity contribution < 1.29 is 5.11 Å². The lowest BCUT2D eigenvalue weighted by molar-refractivity contribution is 0.151. The zero-order valence-electron chi connectivity index (χ0n) is 12.1. The van der Waals surface area contributed by atoms with Crippen molar-refractivity contribution in [3.05, 3.63) is 27.7 Å². The SMILES string of the molecule is Cc1cc(Br)cc(CN2CCC(C(C)C)CC2)c1O. The lowest BCUT2D eigenvalue weighted by Crippen LogP contribution is -2.34. The predicted molar refractivity (Wildman–Crippen MR) is 83.4 cm³/mol. The molecule has 0 unspecified atom stereocenters. The van der Waals surface area contributed by atoms with Crippen LogP contribution < -0.4 is 0 Å². The first-order chi connectivity index (χ1) is 8.97. The molecule has 106 valence electrons. The smallest absolute Gasteiger partial charge is 0.123 e. The molecular formula is C16H24BrNO. The lowest BCUT2D eigenvalue weighted by Gasteiger charge is -2.34. The summed E-state index contributed by atoms with van der Waals surface area (Å²) in [6.45, 7) is 9.75. The van der Waals surface area contributed by atoms with Crippen LogP contribution in [0.2, 0.25) is 0 Å². The number of halogens is 1. The largest absolute Gasteiger partial charge is 0.507 e. The molecule has 0 atom stereocenters. The van der Waals surface area contributed by atoms with Crippen molar-refractivity contribution in [2.45, 2.75) is 40.2 Å². The summed E-state index contributed by atoms with van der Waals surface area (Å²) in [6, 6.07) is 4.00. The fourth-order valence-electron chi connectivity index (χ4n) is 2.94. The van der Waals surface area contributed by atoms with Gasteiger partial charge in [0.25, 0.3) is 0 Å². The molecule has 1 aromatic rings. The maximum absolute atomic E-state index is 10.1. The minimum absolute atomic E-state index is 0.453. The van der Waals surface area contributed by atoms with Crippen molar-refractivity contribution >= 4 is 15.9 Å². The van der Waals surface area contributed by atoms with Gasteiger partial charge in [0.15, 0.2) is 0 Å². The zero-order chi connectivity index (χ0) is 14.0. The Balaban J connectivity index is 2.00.